The molecule has 0 aliphatic heterocycles. The number of rotatable bonds is 13. The van der Waals surface area contributed by atoms with E-state index >= 15 is 0 Å². The largest absolute Gasteiger partial charge is 0.442 e. The summed E-state index contributed by atoms with van der Waals surface area (Å²) in [6.45, 7) is 2.28. The number of amides is 1. The van der Waals surface area contributed by atoms with Crippen LogP contribution in [0.2, 0.25) is 5.02 Å². The molecule has 4 unspecified atom stereocenters. The molecule has 0 fully saturated rings. The van der Waals surface area contributed by atoms with Gasteiger partial charge in [0, 0.05) is 40.5 Å². The fourth-order valence-corrected chi connectivity index (χ4v) is 6.06. The van der Waals surface area contributed by atoms with E-state index in [1.54, 1.807) is 13.8 Å². The Morgan fingerprint density at radius 2 is 1.75 bits per heavy atom. The van der Waals surface area contributed by atoms with Crippen molar-refractivity contribution in [3.05, 3.63) is 76.1 Å². The van der Waals surface area contributed by atoms with E-state index in [0.29, 0.717) is 17.2 Å². The number of alkyl halides is 3. The van der Waals surface area contributed by atoms with Crippen LogP contribution < -0.4 is 15.4 Å². The van der Waals surface area contributed by atoms with Gasteiger partial charge in [0.05, 0.1) is 27.7 Å². The maximum atomic E-state index is 14.2. The van der Waals surface area contributed by atoms with E-state index in [4.69, 9.17) is 22.1 Å². The van der Waals surface area contributed by atoms with E-state index in [1.807, 2.05) is 0 Å². The molecule has 4 atom stereocenters. The Balaban J connectivity index is 2.06. The fourth-order valence-electron chi connectivity index (χ4n) is 5.05. The zero-order valence-electron chi connectivity index (χ0n) is 28.9. The highest BCUT2D eigenvalue weighted by molar-refractivity contribution is 7.86. The number of aromatic nitrogens is 3. The van der Waals surface area contributed by atoms with Gasteiger partial charge >= 0.3 is 12.1 Å². The molecule has 19 heteroatoms. The highest BCUT2D eigenvalue weighted by atomic mass is 35.5. The Bertz CT molecular complexity index is 2130. The number of pyridine rings is 1. The molecule has 0 spiro atoms. The summed E-state index contributed by atoms with van der Waals surface area (Å²) in [5, 5.41) is 6.52. The first-order valence-electron chi connectivity index (χ1n) is 15.5. The monoisotopic (exact) mass is 800 g/mol. The number of anilines is 1. The summed E-state index contributed by atoms with van der Waals surface area (Å²) in [6, 6.07) is 6.23. The molecule has 53 heavy (non-hydrogen) atoms. The maximum absolute atomic E-state index is 14.2. The first-order valence-corrected chi connectivity index (χ1v) is 19.0. The van der Waals surface area contributed by atoms with Crippen LogP contribution in [0, 0.1) is 23.5 Å². The Morgan fingerprint density at radius 3 is 2.32 bits per heavy atom. The summed E-state index contributed by atoms with van der Waals surface area (Å²) in [6.07, 6.45) is -2.07. The average Bonchev–Trinajstić information content (AvgIpc) is 3.41. The SMILES string of the molecule is CC(N)C(=O)OCN(c1nn(CC(F)(F)F)c2c(-c3ccc(C#CC(C)(C)S(C)=O)nc3C(Cc3cc(F)cc(F)c3)NC=O)ccc(Cl)c12)S(C)=O. The van der Waals surface area contributed by atoms with Crippen molar-refractivity contribution in [2.24, 2.45) is 5.73 Å². The van der Waals surface area contributed by atoms with E-state index in [0.717, 1.165) is 16.4 Å². The summed E-state index contributed by atoms with van der Waals surface area (Å²) in [7, 11) is -3.40. The second kappa shape index (κ2) is 16.7. The van der Waals surface area contributed by atoms with Crippen molar-refractivity contribution in [1.29, 1.82) is 0 Å². The predicted octanol–water partition coefficient (Wildman–Crippen LogP) is 5.08. The first kappa shape index (κ1) is 41.3. The lowest BCUT2D eigenvalue weighted by Crippen LogP contribution is -2.35. The summed E-state index contributed by atoms with van der Waals surface area (Å²) < 4.78 is 102. The zero-order chi connectivity index (χ0) is 39.4. The molecule has 4 rings (SSSR count). The molecule has 11 nitrogen and oxygen atoms in total. The van der Waals surface area contributed by atoms with Crippen molar-refractivity contribution >= 4 is 62.5 Å². The lowest BCUT2D eigenvalue weighted by Gasteiger charge is -2.21. The number of fused-ring (bicyclic) bond motifs is 1. The average molecular weight is 801 g/mol. The van der Waals surface area contributed by atoms with Gasteiger partial charge in [-0.2, -0.15) is 18.3 Å². The Hall–Kier alpha value is -4.44. The number of esters is 1. The number of ether oxygens (including phenoxy) is 1. The highest BCUT2D eigenvalue weighted by Crippen LogP contribution is 2.42. The molecule has 2 aromatic heterocycles. The van der Waals surface area contributed by atoms with Crippen LogP contribution in [0.25, 0.3) is 22.0 Å². The molecule has 0 radical (unpaired) electrons. The lowest BCUT2D eigenvalue weighted by molar-refractivity contribution is -0.144. The summed E-state index contributed by atoms with van der Waals surface area (Å²) >= 11 is 6.62. The van der Waals surface area contributed by atoms with Crippen molar-refractivity contribution in [2.75, 3.05) is 23.5 Å². The second-order valence-corrected chi connectivity index (χ2v) is 15.9. The van der Waals surface area contributed by atoms with Gasteiger partial charge in [-0.15, -0.1) is 0 Å². The molecule has 0 aliphatic carbocycles. The van der Waals surface area contributed by atoms with Crippen molar-refractivity contribution in [3.8, 4) is 23.0 Å². The van der Waals surface area contributed by atoms with E-state index in [1.165, 1.54) is 43.7 Å². The summed E-state index contributed by atoms with van der Waals surface area (Å²) in [5.41, 5.74) is 5.81. The predicted molar refractivity (Wildman–Crippen MR) is 192 cm³/mol. The highest BCUT2D eigenvalue weighted by Gasteiger charge is 2.34. The summed E-state index contributed by atoms with van der Waals surface area (Å²) in [5.74, 6) is 2.75. The lowest BCUT2D eigenvalue weighted by atomic mass is 9.94. The molecule has 0 aliphatic rings. The molecule has 284 valence electrons. The van der Waals surface area contributed by atoms with Crippen LogP contribution in [-0.4, -0.2) is 71.8 Å². The van der Waals surface area contributed by atoms with Crippen molar-refractivity contribution in [1.82, 2.24) is 20.1 Å². The molecule has 0 bridgehead atoms. The number of carbonyl (C=O) groups excluding carboxylic acids is 2. The van der Waals surface area contributed by atoms with Gasteiger partial charge in [0.2, 0.25) is 6.41 Å². The normalized spacial score (nSPS) is 14.1. The smallest absolute Gasteiger partial charge is 0.408 e. The van der Waals surface area contributed by atoms with Gasteiger partial charge in [-0.1, -0.05) is 23.6 Å². The number of nitrogens with two attached hydrogens (primary N) is 1. The number of hydrogen-bond acceptors (Lipinski definition) is 8. The molecule has 2 aromatic carbocycles. The van der Waals surface area contributed by atoms with Gasteiger partial charge in [-0.25, -0.2) is 22.3 Å². The number of benzene rings is 2. The minimum absolute atomic E-state index is 0.0238. The number of halogens is 6. The third-order valence-corrected chi connectivity index (χ3v) is 10.5. The number of hydrogen-bond donors (Lipinski definition) is 2. The van der Waals surface area contributed by atoms with Gasteiger partial charge in [-0.3, -0.25) is 18.5 Å². The molecule has 1 amide bonds. The maximum Gasteiger partial charge on any atom is 0.408 e. The van der Waals surface area contributed by atoms with Gasteiger partial charge in [-0.05, 0) is 69.0 Å². The van der Waals surface area contributed by atoms with Gasteiger partial charge in [0.15, 0.2) is 12.5 Å². The topological polar surface area (TPSA) is 150 Å². The Labute approximate surface area is 311 Å². The van der Waals surface area contributed by atoms with Crippen LogP contribution in [0.1, 0.15) is 43.8 Å². The van der Waals surface area contributed by atoms with Crippen LogP contribution in [0.4, 0.5) is 27.8 Å². The van der Waals surface area contributed by atoms with Crippen molar-refractivity contribution in [2.45, 2.75) is 56.7 Å². The fraction of sp³-hybridized carbons (Fsp3) is 0.353. The summed E-state index contributed by atoms with van der Waals surface area (Å²) in [4.78, 5) is 28.8. The van der Waals surface area contributed by atoms with Crippen molar-refractivity contribution in [3.63, 3.8) is 0 Å². The Morgan fingerprint density at radius 1 is 1.11 bits per heavy atom. The molecular formula is C34H34ClF5N6O5S2. The first-order chi connectivity index (χ1) is 24.7. The zero-order valence-corrected chi connectivity index (χ0v) is 31.3. The molecule has 2 heterocycles. The number of nitrogens with one attached hydrogen (secondary N) is 1. The Kier molecular flexibility index (Phi) is 13.0. The minimum atomic E-state index is -4.83. The van der Waals surface area contributed by atoms with Crippen LogP contribution >= 0.6 is 11.6 Å². The molecular weight excluding hydrogens is 767 g/mol. The third kappa shape index (κ3) is 10.2. The molecule has 0 saturated carbocycles. The van der Waals surface area contributed by atoms with E-state index < -0.39 is 75.7 Å². The van der Waals surface area contributed by atoms with Gasteiger partial charge in [0.25, 0.3) is 0 Å². The molecule has 3 N–H and O–H groups in total. The van der Waals surface area contributed by atoms with Crippen LogP contribution in [-0.2, 0) is 49.1 Å². The van der Waals surface area contributed by atoms with Gasteiger partial charge < -0.3 is 15.8 Å². The minimum Gasteiger partial charge on any atom is -0.442 e. The van der Waals surface area contributed by atoms with E-state index in [2.05, 4.69) is 27.2 Å². The van der Waals surface area contributed by atoms with Gasteiger partial charge in [0.1, 0.15) is 45.6 Å². The van der Waals surface area contributed by atoms with Crippen LogP contribution in [0.15, 0.2) is 42.5 Å². The number of carbonyl (C=O) groups is 2. The number of nitrogens with zero attached hydrogens (tertiary/aromatic N) is 4. The van der Waals surface area contributed by atoms with Crippen LogP contribution in [0.3, 0.4) is 0 Å². The van der Waals surface area contributed by atoms with E-state index in [-0.39, 0.29) is 56.2 Å². The van der Waals surface area contributed by atoms with E-state index in [9.17, 15) is 40.0 Å². The second-order valence-electron chi connectivity index (χ2n) is 12.3. The standard InChI is InChI=1S/C34H34ClF5N6O5S2/c1-19(41)32(48)51-18-46(53(5)50)31-28-26(35)9-8-25(30(28)45(44-31)16-34(38,39)40)24-7-6-23(10-11-33(2,3)52(4)49)43-29(24)27(42-17-47)14-20-12-21(36)15-22(37)13-20/h6-9,12-13,15,17,19,27H,14,16,18,41H2,1-5H3,(H,42,47). The third-order valence-electron chi connectivity index (χ3n) is 7.78. The molecule has 4 aromatic rings. The van der Waals surface area contributed by atoms with Crippen LogP contribution in [0.5, 0.6) is 0 Å². The quantitative estimate of drug-likeness (QED) is 0.0626. The van der Waals surface area contributed by atoms with Crippen molar-refractivity contribution < 1.29 is 44.7 Å². The molecule has 0 saturated heterocycles.